The summed E-state index contributed by atoms with van der Waals surface area (Å²) in [6, 6.07) is 10.2. The molecule has 0 aromatic heterocycles. The zero-order valence-electron chi connectivity index (χ0n) is 9.15. The van der Waals surface area contributed by atoms with E-state index in [4.69, 9.17) is 0 Å². The number of rotatable bonds is 0. The number of benzene rings is 1. The Labute approximate surface area is 99.7 Å². The lowest BCUT2D eigenvalue weighted by Gasteiger charge is -2.25. The van der Waals surface area contributed by atoms with Crippen LogP contribution in [-0.2, 0) is 6.42 Å². The van der Waals surface area contributed by atoms with Gasteiger partial charge in [-0.25, -0.2) is 4.58 Å². The SMILES string of the molecule is c1ccc2c(c1)CCC1NC3=[N+](CCS3)C21. The van der Waals surface area contributed by atoms with Crippen molar-refractivity contribution >= 4 is 16.9 Å². The molecule has 1 N–H and O–H groups in total. The smallest absolute Gasteiger partial charge is 0.261 e. The van der Waals surface area contributed by atoms with Crippen LogP contribution in [0.1, 0.15) is 23.6 Å². The Hall–Kier alpha value is -0.960. The van der Waals surface area contributed by atoms with Gasteiger partial charge in [0.2, 0.25) is 0 Å². The fourth-order valence-electron chi connectivity index (χ4n) is 3.25. The van der Waals surface area contributed by atoms with Crippen LogP contribution >= 0.6 is 11.8 Å². The van der Waals surface area contributed by atoms with Crippen molar-refractivity contribution in [3.05, 3.63) is 35.4 Å². The first-order valence-electron chi connectivity index (χ1n) is 6.04. The molecule has 1 aromatic rings. The molecule has 2 nitrogen and oxygen atoms in total. The maximum absolute atomic E-state index is 3.70. The van der Waals surface area contributed by atoms with Crippen LogP contribution < -0.4 is 5.32 Å². The number of amidine groups is 1. The van der Waals surface area contributed by atoms with Gasteiger partial charge in [0.05, 0.1) is 6.54 Å². The monoisotopic (exact) mass is 231 g/mol. The first-order valence-corrected chi connectivity index (χ1v) is 7.03. The Bertz CT molecular complexity index is 481. The van der Waals surface area contributed by atoms with E-state index in [1.807, 2.05) is 11.8 Å². The van der Waals surface area contributed by atoms with Crippen LogP contribution in [0, 0.1) is 0 Å². The van der Waals surface area contributed by atoms with E-state index < -0.39 is 0 Å². The average molecular weight is 231 g/mol. The second-order valence-corrected chi connectivity index (χ2v) is 5.86. The average Bonchev–Trinajstić information content (AvgIpc) is 2.88. The molecule has 0 amide bonds. The van der Waals surface area contributed by atoms with Crippen LogP contribution in [0.3, 0.4) is 0 Å². The predicted octanol–water partition coefficient (Wildman–Crippen LogP) is 1.76. The van der Waals surface area contributed by atoms with Gasteiger partial charge in [-0.2, -0.15) is 0 Å². The first-order chi connectivity index (χ1) is 7.93. The number of hydrogen-bond donors (Lipinski definition) is 1. The first kappa shape index (κ1) is 9.11. The summed E-state index contributed by atoms with van der Waals surface area (Å²) in [5.74, 6) is 1.24. The highest BCUT2D eigenvalue weighted by Crippen LogP contribution is 2.38. The molecule has 0 radical (unpaired) electrons. The Morgan fingerprint density at radius 3 is 3.25 bits per heavy atom. The van der Waals surface area contributed by atoms with Crippen molar-refractivity contribution < 1.29 is 4.58 Å². The zero-order chi connectivity index (χ0) is 10.5. The van der Waals surface area contributed by atoms with Gasteiger partial charge in [-0.05, 0) is 30.2 Å². The van der Waals surface area contributed by atoms with E-state index in [-0.39, 0.29) is 0 Å². The number of aryl methyl sites for hydroxylation is 1. The molecule has 2 atom stereocenters. The third-order valence-corrected chi connectivity index (χ3v) is 4.97. The van der Waals surface area contributed by atoms with Crippen LogP contribution in [0.15, 0.2) is 24.3 Å². The number of hydrogen-bond acceptors (Lipinski definition) is 2. The van der Waals surface area contributed by atoms with Crippen molar-refractivity contribution in [2.45, 2.75) is 24.9 Å². The standard InChI is InChI=1S/C13H14N2S/c1-2-4-10-9(3-1)5-6-11-12(10)15-7-8-16-13(15)14-11/h1-4,11-12H,5-8H2/p+1. The number of nitrogens with zero attached hydrogens (tertiary/aromatic N) is 1. The highest BCUT2D eigenvalue weighted by atomic mass is 32.2. The van der Waals surface area contributed by atoms with Crippen LogP contribution in [0.4, 0.5) is 0 Å². The Kier molecular flexibility index (Phi) is 1.86. The molecule has 0 bridgehead atoms. The molecule has 2 aliphatic heterocycles. The fraction of sp³-hybridized carbons (Fsp3) is 0.462. The molecular formula is C13H15N2S+. The minimum atomic E-state index is 0.606. The molecule has 2 unspecified atom stereocenters. The molecule has 82 valence electrons. The maximum Gasteiger partial charge on any atom is 0.307 e. The van der Waals surface area contributed by atoms with Gasteiger partial charge in [-0.1, -0.05) is 24.3 Å². The maximum atomic E-state index is 3.70. The summed E-state index contributed by atoms with van der Waals surface area (Å²) >= 11 is 1.99. The summed E-state index contributed by atoms with van der Waals surface area (Å²) in [5, 5.41) is 5.12. The molecule has 2 heterocycles. The van der Waals surface area contributed by atoms with Crippen molar-refractivity contribution in [1.82, 2.24) is 5.32 Å². The van der Waals surface area contributed by atoms with Gasteiger partial charge in [0.25, 0.3) is 0 Å². The van der Waals surface area contributed by atoms with E-state index in [0.717, 1.165) is 0 Å². The van der Waals surface area contributed by atoms with Gasteiger partial charge < -0.3 is 0 Å². The molecule has 1 aliphatic carbocycles. The van der Waals surface area contributed by atoms with Gasteiger partial charge in [0, 0.05) is 11.3 Å². The van der Waals surface area contributed by atoms with Crippen LogP contribution in [-0.4, -0.2) is 28.1 Å². The molecule has 0 saturated heterocycles. The highest BCUT2D eigenvalue weighted by Gasteiger charge is 2.46. The second-order valence-electron chi connectivity index (χ2n) is 4.78. The van der Waals surface area contributed by atoms with Crippen LogP contribution in [0.25, 0.3) is 0 Å². The lowest BCUT2D eigenvalue weighted by Crippen LogP contribution is -2.35. The molecular weight excluding hydrogens is 216 g/mol. The van der Waals surface area contributed by atoms with Gasteiger partial charge >= 0.3 is 5.17 Å². The summed E-state index contributed by atoms with van der Waals surface area (Å²) in [7, 11) is 0. The van der Waals surface area contributed by atoms with E-state index in [9.17, 15) is 0 Å². The Morgan fingerprint density at radius 2 is 2.25 bits per heavy atom. The summed E-state index contributed by atoms with van der Waals surface area (Å²) < 4.78 is 2.58. The topological polar surface area (TPSA) is 15.0 Å². The number of fused-ring (bicyclic) bond motifs is 4. The van der Waals surface area contributed by atoms with Crippen LogP contribution in [0.5, 0.6) is 0 Å². The van der Waals surface area contributed by atoms with Crippen molar-refractivity contribution in [2.24, 2.45) is 0 Å². The minimum Gasteiger partial charge on any atom is -0.261 e. The lowest BCUT2D eigenvalue weighted by atomic mass is 9.84. The molecule has 0 fully saturated rings. The third-order valence-electron chi connectivity index (χ3n) is 3.96. The van der Waals surface area contributed by atoms with E-state index >= 15 is 0 Å². The molecule has 3 heteroatoms. The molecule has 0 saturated carbocycles. The molecule has 1 aromatic carbocycles. The molecule has 0 spiro atoms. The van der Waals surface area contributed by atoms with Crippen molar-refractivity contribution in [3.63, 3.8) is 0 Å². The second kappa shape index (κ2) is 3.27. The summed E-state index contributed by atoms with van der Waals surface area (Å²) in [4.78, 5) is 0. The summed E-state index contributed by atoms with van der Waals surface area (Å²) in [6.07, 6.45) is 2.51. The Balaban J connectivity index is 1.85. The van der Waals surface area contributed by atoms with E-state index in [0.29, 0.717) is 12.1 Å². The van der Waals surface area contributed by atoms with E-state index in [2.05, 4.69) is 34.2 Å². The van der Waals surface area contributed by atoms with Gasteiger partial charge in [-0.15, -0.1) is 0 Å². The van der Waals surface area contributed by atoms with Gasteiger partial charge in [0.15, 0.2) is 6.04 Å². The zero-order valence-corrected chi connectivity index (χ0v) is 9.96. The van der Waals surface area contributed by atoms with Gasteiger partial charge in [-0.3, -0.25) is 5.32 Å². The quantitative estimate of drug-likeness (QED) is 0.684. The van der Waals surface area contributed by atoms with Crippen molar-refractivity contribution in [2.75, 3.05) is 12.3 Å². The van der Waals surface area contributed by atoms with Crippen molar-refractivity contribution in [3.8, 4) is 0 Å². The molecule has 4 rings (SSSR count). The van der Waals surface area contributed by atoms with E-state index in [1.165, 1.54) is 30.3 Å². The minimum absolute atomic E-state index is 0.606. The Morgan fingerprint density at radius 1 is 1.31 bits per heavy atom. The lowest BCUT2D eigenvalue weighted by molar-refractivity contribution is -0.558. The highest BCUT2D eigenvalue weighted by molar-refractivity contribution is 8.13. The molecule has 3 aliphatic rings. The largest absolute Gasteiger partial charge is 0.307 e. The van der Waals surface area contributed by atoms with Crippen molar-refractivity contribution in [1.29, 1.82) is 0 Å². The third kappa shape index (κ3) is 1.12. The summed E-state index contributed by atoms with van der Waals surface area (Å²) in [5.41, 5.74) is 3.12. The van der Waals surface area contributed by atoms with E-state index in [1.54, 1.807) is 11.1 Å². The molecule has 16 heavy (non-hydrogen) atoms. The summed E-state index contributed by atoms with van der Waals surface area (Å²) in [6.45, 7) is 1.21. The van der Waals surface area contributed by atoms with Gasteiger partial charge in [0.1, 0.15) is 6.04 Å². The number of thioether (sulfide) groups is 1. The number of nitrogens with one attached hydrogen (secondary N) is 1. The predicted molar refractivity (Wildman–Crippen MR) is 67.0 cm³/mol. The van der Waals surface area contributed by atoms with Crippen LogP contribution in [0.2, 0.25) is 0 Å². The normalized spacial score (nSPS) is 30.8. The fourth-order valence-corrected chi connectivity index (χ4v) is 4.33.